The van der Waals surface area contributed by atoms with E-state index in [1.54, 1.807) is 0 Å². The normalized spacial score (nSPS) is 14.3. The quantitative estimate of drug-likeness (QED) is 0.410. The minimum absolute atomic E-state index is 1.76. The topological polar surface area (TPSA) is 72.8 Å². The highest BCUT2D eigenvalue weighted by molar-refractivity contribution is 5.81. The van der Waals surface area contributed by atoms with Crippen molar-refractivity contribution in [2.75, 3.05) is 13.2 Å². The second-order valence-corrected chi connectivity index (χ2v) is 4.53. The van der Waals surface area contributed by atoms with Crippen LogP contribution in [-0.4, -0.2) is 60.6 Å². The first kappa shape index (κ1) is 25.1. The molecule has 0 atom stereocenters. The molecule has 0 fully saturated rings. The van der Waals surface area contributed by atoms with Crippen LogP contribution in [0.15, 0.2) is 0 Å². The van der Waals surface area contributed by atoms with Gasteiger partial charge in [-0.3, -0.25) is 4.79 Å². The molecule has 5 nitrogen and oxygen atoms in total. The molecule has 0 aliphatic carbocycles. The fraction of sp³-hybridized carbons (Fsp3) is 0.800. The highest BCUT2D eigenvalue weighted by atomic mass is 19.4. The van der Waals surface area contributed by atoms with Gasteiger partial charge in [-0.15, -0.1) is 0 Å². The first-order valence-electron chi connectivity index (χ1n) is 6.00. The maximum Gasteiger partial charge on any atom is 0.437 e. The number of aliphatic hydroxyl groups is 1. The van der Waals surface area contributed by atoms with Crippen molar-refractivity contribution in [3.05, 3.63) is 0 Å². The molecule has 0 aromatic rings. The molecule has 0 spiro atoms. The number of halogens is 12. The predicted octanol–water partition coefficient (Wildman–Crippen LogP) is 2.67. The van der Waals surface area contributed by atoms with Gasteiger partial charge in [0.2, 0.25) is 5.92 Å². The Kier molecular flexibility index (Phi) is 7.04. The highest BCUT2D eigenvalue weighted by Crippen LogP contribution is 2.44. The third kappa shape index (κ3) is 5.77. The summed E-state index contributed by atoms with van der Waals surface area (Å²) in [5, 5.41) is 8.53. The van der Waals surface area contributed by atoms with E-state index in [4.69, 9.17) is 5.11 Å². The van der Waals surface area contributed by atoms with Crippen LogP contribution < -0.4 is 0 Å². The van der Waals surface area contributed by atoms with Crippen molar-refractivity contribution in [3.63, 3.8) is 0 Å². The lowest BCUT2D eigenvalue weighted by Crippen LogP contribution is -2.63. The average molecular weight is 434 g/mol. The molecular weight excluding hydrogens is 428 g/mol. The van der Waals surface area contributed by atoms with Gasteiger partial charge in [-0.05, 0) is 0 Å². The number of carbonyl (C=O) groups excluding carboxylic acids is 2. The summed E-state index contributed by atoms with van der Waals surface area (Å²) in [5.74, 6) is -11.0. The zero-order chi connectivity index (χ0) is 22.1. The number of alkyl halides is 12. The summed E-state index contributed by atoms with van der Waals surface area (Å²) in [6.45, 7) is -3.58. The lowest BCUT2D eigenvalue weighted by atomic mass is 10.0. The Morgan fingerprint density at radius 3 is 1.33 bits per heavy atom. The predicted molar refractivity (Wildman–Crippen MR) is 54.6 cm³/mol. The van der Waals surface area contributed by atoms with Crippen molar-refractivity contribution < 1.29 is 76.9 Å². The van der Waals surface area contributed by atoms with E-state index in [0.717, 1.165) is 0 Å². The van der Waals surface area contributed by atoms with Gasteiger partial charge in [0.05, 0.1) is 0 Å². The zero-order valence-corrected chi connectivity index (χ0v) is 12.1. The van der Waals surface area contributed by atoms with Gasteiger partial charge < -0.3 is 14.6 Å². The first-order valence-corrected chi connectivity index (χ1v) is 6.00. The molecule has 0 bridgehead atoms. The molecule has 0 aliphatic heterocycles. The van der Waals surface area contributed by atoms with E-state index >= 15 is 0 Å². The smallest absolute Gasteiger partial charge is 0.437 e. The lowest BCUT2D eigenvalue weighted by Gasteiger charge is -2.29. The van der Waals surface area contributed by atoms with Crippen molar-refractivity contribution in [2.45, 2.75) is 30.3 Å². The Morgan fingerprint density at radius 2 is 1.04 bits per heavy atom. The molecule has 0 saturated carbocycles. The second kappa shape index (κ2) is 7.59. The Bertz CT molecular complexity index is 515. The standard InChI is InChI=1S/C10H6F12O5/c11-7(12,13)3(8(14,15)16)4(23)26-1-2-27-5(24)6(25,9(17,18)19)10(20,21)22/h3,25H,1-2H2. The maximum absolute atomic E-state index is 12.3. The Morgan fingerprint density at radius 1 is 0.704 bits per heavy atom. The van der Waals surface area contributed by atoms with E-state index in [9.17, 15) is 62.3 Å². The first-order chi connectivity index (χ1) is 11.7. The van der Waals surface area contributed by atoms with Crippen LogP contribution in [0.5, 0.6) is 0 Å². The summed E-state index contributed by atoms with van der Waals surface area (Å²) in [6.07, 6.45) is -25.6. The molecule has 0 saturated heterocycles. The molecule has 0 heterocycles. The summed E-state index contributed by atoms with van der Waals surface area (Å²) in [6, 6.07) is 0. The molecule has 0 aromatic carbocycles. The van der Waals surface area contributed by atoms with Gasteiger partial charge in [-0.2, -0.15) is 52.7 Å². The van der Waals surface area contributed by atoms with E-state index in [-0.39, 0.29) is 0 Å². The number of rotatable bonds is 5. The van der Waals surface area contributed by atoms with Crippen molar-refractivity contribution >= 4 is 11.9 Å². The van der Waals surface area contributed by atoms with E-state index < -0.39 is 61.4 Å². The van der Waals surface area contributed by atoms with Crippen LogP contribution in [0.25, 0.3) is 0 Å². The average Bonchev–Trinajstić information content (AvgIpc) is 2.36. The van der Waals surface area contributed by atoms with E-state index in [1.807, 2.05) is 0 Å². The molecule has 0 aromatic heterocycles. The van der Waals surface area contributed by atoms with Gasteiger partial charge in [-0.1, -0.05) is 0 Å². The summed E-state index contributed by atoms with van der Waals surface area (Å²) in [4.78, 5) is 21.6. The van der Waals surface area contributed by atoms with Crippen molar-refractivity contribution in [1.29, 1.82) is 0 Å². The number of ether oxygens (including phenoxy) is 2. The van der Waals surface area contributed by atoms with Crippen molar-refractivity contribution in [1.82, 2.24) is 0 Å². The summed E-state index contributed by atoms with van der Waals surface area (Å²) >= 11 is 0. The maximum atomic E-state index is 12.3. The van der Waals surface area contributed by atoms with Crippen LogP contribution in [0.3, 0.4) is 0 Å². The molecular formula is C10H6F12O5. The monoisotopic (exact) mass is 434 g/mol. The molecule has 1 N–H and O–H groups in total. The van der Waals surface area contributed by atoms with Crippen LogP contribution in [0.4, 0.5) is 52.7 Å². The molecule has 0 aliphatic rings. The molecule has 17 heteroatoms. The highest BCUT2D eigenvalue weighted by Gasteiger charge is 2.76. The lowest BCUT2D eigenvalue weighted by molar-refractivity contribution is -0.357. The molecule has 0 radical (unpaired) electrons. The molecule has 0 unspecified atom stereocenters. The van der Waals surface area contributed by atoms with E-state index in [1.165, 1.54) is 0 Å². The Labute approximate surface area is 139 Å². The van der Waals surface area contributed by atoms with Crippen molar-refractivity contribution in [2.24, 2.45) is 5.92 Å². The third-order valence-electron chi connectivity index (χ3n) is 2.57. The van der Waals surface area contributed by atoms with Gasteiger partial charge in [0.1, 0.15) is 13.2 Å². The largest absolute Gasteiger partial charge is 0.461 e. The zero-order valence-electron chi connectivity index (χ0n) is 12.1. The van der Waals surface area contributed by atoms with Gasteiger partial charge in [0.25, 0.3) is 0 Å². The number of hydrogen-bond acceptors (Lipinski definition) is 5. The molecule has 27 heavy (non-hydrogen) atoms. The van der Waals surface area contributed by atoms with Crippen molar-refractivity contribution in [3.8, 4) is 0 Å². The minimum Gasteiger partial charge on any atom is -0.461 e. The third-order valence-corrected chi connectivity index (χ3v) is 2.57. The summed E-state index contributed by atoms with van der Waals surface area (Å²) in [7, 11) is 0. The number of esters is 2. The fourth-order valence-corrected chi connectivity index (χ4v) is 1.31. The fourth-order valence-electron chi connectivity index (χ4n) is 1.31. The van der Waals surface area contributed by atoms with Gasteiger partial charge in [-0.25, -0.2) is 4.79 Å². The SMILES string of the molecule is O=C(OCCOC(=O)C(O)(C(F)(F)F)C(F)(F)F)C(C(F)(F)F)C(F)(F)F. The van der Waals surface area contributed by atoms with E-state index in [0.29, 0.717) is 0 Å². The van der Waals surface area contributed by atoms with Crippen LogP contribution in [0, 0.1) is 5.92 Å². The van der Waals surface area contributed by atoms with Gasteiger partial charge in [0.15, 0.2) is 0 Å². The second-order valence-electron chi connectivity index (χ2n) is 4.53. The van der Waals surface area contributed by atoms with Gasteiger partial charge in [0, 0.05) is 0 Å². The molecule has 0 rings (SSSR count). The molecule has 0 amide bonds. The van der Waals surface area contributed by atoms with Crippen LogP contribution in [-0.2, 0) is 19.1 Å². The summed E-state index contributed by atoms with van der Waals surface area (Å²) < 4.78 is 153. The van der Waals surface area contributed by atoms with Crippen LogP contribution in [0.1, 0.15) is 0 Å². The number of hydrogen-bond donors (Lipinski definition) is 1. The molecule has 160 valence electrons. The van der Waals surface area contributed by atoms with Crippen LogP contribution in [0.2, 0.25) is 0 Å². The van der Waals surface area contributed by atoms with E-state index in [2.05, 4.69) is 9.47 Å². The van der Waals surface area contributed by atoms with Gasteiger partial charge >= 0.3 is 42.2 Å². The Balaban J connectivity index is 4.99. The minimum atomic E-state index is -6.63. The summed E-state index contributed by atoms with van der Waals surface area (Å²) in [5.41, 5.74) is -6.02. The number of carbonyl (C=O) groups is 2. The van der Waals surface area contributed by atoms with Crippen LogP contribution >= 0.6 is 0 Å². The Hall–Kier alpha value is -1.94.